The van der Waals surface area contributed by atoms with Crippen molar-refractivity contribution in [1.29, 1.82) is 0 Å². The number of hydrogen-bond acceptors (Lipinski definition) is 6. The highest BCUT2D eigenvalue weighted by atomic mass is 15.4. The Kier molecular flexibility index (Phi) is 4.33. The van der Waals surface area contributed by atoms with Gasteiger partial charge >= 0.3 is 0 Å². The molecule has 2 aromatic carbocycles. The molecular formula is C20H21N7. The minimum Gasteiger partial charge on any atom is -0.370 e. The third-order valence-electron chi connectivity index (χ3n) is 4.26. The summed E-state index contributed by atoms with van der Waals surface area (Å²) in [4.78, 5) is 11.1. The third kappa shape index (κ3) is 3.39. The van der Waals surface area contributed by atoms with Crippen LogP contribution in [0.25, 0.3) is 16.9 Å². The molecule has 0 saturated carbocycles. The Hall–Kier alpha value is -3.61. The zero-order valence-electron chi connectivity index (χ0n) is 15.2. The average Bonchev–Trinajstić information content (AvgIpc) is 3.14. The van der Waals surface area contributed by atoms with Crippen molar-refractivity contribution >= 4 is 11.9 Å². The lowest BCUT2D eigenvalue weighted by Gasteiger charge is -2.23. The average molecular weight is 359 g/mol. The fourth-order valence-corrected chi connectivity index (χ4v) is 2.93. The number of aromatic nitrogens is 2. The summed E-state index contributed by atoms with van der Waals surface area (Å²) in [5, 5.41) is 7.81. The summed E-state index contributed by atoms with van der Waals surface area (Å²) in [6.07, 6.45) is 1.51. The first-order valence-corrected chi connectivity index (χ1v) is 8.67. The second-order valence-corrected chi connectivity index (χ2v) is 6.44. The molecule has 7 nitrogen and oxygen atoms in total. The predicted octanol–water partition coefficient (Wildman–Crippen LogP) is 2.37. The van der Waals surface area contributed by atoms with Crippen molar-refractivity contribution in [3.8, 4) is 16.9 Å². The molecule has 0 aliphatic carbocycles. The molecule has 0 amide bonds. The van der Waals surface area contributed by atoms with Crippen molar-refractivity contribution in [2.24, 2.45) is 15.7 Å². The number of aliphatic imine (C=N–C) groups is 2. The van der Waals surface area contributed by atoms with Gasteiger partial charge in [0.25, 0.3) is 0 Å². The lowest BCUT2D eigenvalue weighted by molar-refractivity contribution is 0.579. The molecule has 1 aliphatic rings. The molecule has 3 aromatic rings. The van der Waals surface area contributed by atoms with E-state index in [9.17, 15) is 0 Å². The molecule has 4 rings (SSSR count). The van der Waals surface area contributed by atoms with Crippen LogP contribution in [0.1, 0.15) is 11.7 Å². The molecule has 3 N–H and O–H groups in total. The number of nitrogens with two attached hydrogens (primary N) is 1. The van der Waals surface area contributed by atoms with E-state index in [4.69, 9.17) is 15.8 Å². The van der Waals surface area contributed by atoms with E-state index < -0.39 is 6.17 Å². The van der Waals surface area contributed by atoms with Crippen LogP contribution in [0.15, 0.2) is 76.8 Å². The van der Waals surface area contributed by atoms with Crippen LogP contribution < -0.4 is 11.1 Å². The molecule has 1 atom stereocenters. The minimum absolute atomic E-state index is 0.338. The lowest BCUT2D eigenvalue weighted by Crippen LogP contribution is -2.46. The quantitative estimate of drug-likeness (QED) is 0.752. The van der Waals surface area contributed by atoms with Crippen LogP contribution in [0, 0.1) is 0 Å². The zero-order chi connectivity index (χ0) is 18.8. The van der Waals surface area contributed by atoms with Crippen molar-refractivity contribution in [1.82, 2.24) is 20.0 Å². The van der Waals surface area contributed by atoms with Crippen LogP contribution in [-0.4, -0.2) is 40.7 Å². The van der Waals surface area contributed by atoms with E-state index in [2.05, 4.69) is 10.3 Å². The van der Waals surface area contributed by atoms with Gasteiger partial charge in [-0.1, -0.05) is 48.5 Å². The summed E-state index contributed by atoms with van der Waals surface area (Å²) in [7, 11) is 3.82. The van der Waals surface area contributed by atoms with Gasteiger partial charge in [0.1, 0.15) is 5.69 Å². The van der Waals surface area contributed by atoms with Crippen molar-refractivity contribution in [2.75, 3.05) is 14.1 Å². The summed E-state index contributed by atoms with van der Waals surface area (Å²) in [6.45, 7) is 0. The van der Waals surface area contributed by atoms with E-state index in [0.29, 0.717) is 11.9 Å². The first-order chi connectivity index (χ1) is 13.1. The second kappa shape index (κ2) is 6.95. The highest BCUT2D eigenvalue weighted by Crippen LogP contribution is 2.32. The molecule has 1 aliphatic heterocycles. The van der Waals surface area contributed by atoms with E-state index in [1.807, 2.05) is 90.5 Å². The lowest BCUT2D eigenvalue weighted by atomic mass is 10.1. The summed E-state index contributed by atoms with van der Waals surface area (Å²) in [5.74, 6) is 1.00. The molecule has 0 bridgehead atoms. The van der Waals surface area contributed by atoms with Gasteiger partial charge in [0.15, 0.2) is 12.1 Å². The Morgan fingerprint density at radius 1 is 0.963 bits per heavy atom. The largest absolute Gasteiger partial charge is 0.370 e. The smallest absolute Gasteiger partial charge is 0.202 e. The SMILES string of the molecule is CN(C)C1=NC(c2cn(-c3ccccc3)nc2-c2ccccc2)N=C(N)N1. The van der Waals surface area contributed by atoms with E-state index >= 15 is 0 Å². The van der Waals surface area contributed by atoms with Gasteiger partial charge in [-0.05, 0) is 12.1 Å². The maximum Gasteiger partial charge on any atom is 0.202 e. The Morgan fingerprint density at radius 2 is 1.63 bits per heavy atom. The molecule has 1 unspecified atom stereocenters. The number of hydrogen-bond donors (Lipinski definition) is 2. The number of rotatable bonds is 3. The first kappa shape index (κ1) is 16.8. The van der Waals surface area contributed by atoms with Crippen LogP contribution in [0.5, 0.6) is 0 Å². The van der Waals surface area contributed by atoms with E-state index in [1.165, 1.54) is 0 Å². The van der Waals surface area contributed by atoms with Crippen LogP contribution in [0.3, 0.4) is 0 Å². The van der Waals surface area contributed by atoms with Crippen molar-refractivity contribution in [3.05, 3.63) is 72.4 Å². The molecule has 0 saturated heterocycles. The van der Waals surface area contributed by atoms with Crippen LogP contribution in [0.4, 0.5) is 0 Å². The molecular weight excluding hydrogens is 338 g/mol. The van der Waals surface area contributed by atoms with Crippen molar-refractivity contribution < 1.29 is 0 Å². The van der Waals surface area contributed by atoms with Gasteiger partial charge < -0.3 is 10.6 Å². The maximum atomic E-state index is 6.00. The Bertz CT molecular complexity index is 988. The summed E-state index contributed by atoms with van der Waals surface area (Å²) in [5.41, 5.74) is 9.72. The third-order valence-corrected chi connectivity index (χ3v) is 4.26. The Labute approximate surface area is 157 Å². The highest BCUT2D eigenvalue weighted by Gasteiger charge is 2.24. The topological polar surface area (TPSA) is 83.8 Å². The van der Waals surface area contributed by atoms with Gasteiger partial charge in [-0.2, -0.15) is 5.10 Å². The molecule has 0 fully saturated rings. The maximum absolute atomic E-state index is 6.00. The number of benzene rings is 2. The van der Waals surface area contributed by atoms with Gasteiger partial charge in [0.05, 0.1) is 5.69 Å². The molecule has 136 valence electrons. The second-order valence-electron chi connectivity index (χ2n) is 6.44. The van der Waals surface area contributed by atoms with E-state index in [0.717, 1.165) is 22.5 Å². The Morgan fingerprint density at radius 3 is 2.30 bits per heavy atom. The molecule has 7 heteroatoms. The van der Waals surface area contributed by atoms with Gasteiger partial charge in [-0.15, -0.1) is 0 Å². The van der Waals surface area contributed by atoms with Crippen LogP contribution in [-0.2, 0) is 0 Å². The van der Waals surface area contributed by atoms with E-state index in [1.54, 1.807) is 0 Å². The van der Waals surface area contributed by atoms with Gasteiger partial charge in [0.2, 0.25) is 5.96 Å². The fourth-order valence-electron chi connectivity index (χ4n) is 2.93. The molecule has 0 spiro atoms. The summed E-state index contributed by atoms with van der Waals surface area (Å²) >= 11 is 0. The fraction of sp³-hybridized carbons (Fsp3) is 0.150. The van der Waals surface area contributed by atoms with Crippen molar-refractivity contribution in [2.45, 2.75) is 6.17 Å². The Balaban J connectivity index is 1.86. The number of nitrogens with zero attached hydrogens (tertiary/aromatic N) is 5. The molecule has 2 heterocycles. The first-order valence-electron chi connectivity index (χ1n) is 8.67. The number of para-hydroxylation sites is 1. The standard InChI is InChI=1S/C20H21N7/c1-26(2)20-23-18(22-19(21)24-20)16-13-27(15-11-7-4-8-12-15)25-17(16)14-9-5-3-6-10-14/h3-13,18H,1-2H3,(H3,21,22,23,24). The molecule has 1 aromatic heterocycles. The predicted molar refractivity (Wildman–Crippen MR) is 108 cm³/mol. The van der Waals surface area contributed by atoms with Crippen LogP contribution in [0.2, 0.25) is 0 Å². The van der Waals surface area contributed by atoms with E-state index in [-0.39, 0.29) is 0 Å². The van der Waals surface area contributed by atoms with Crippen LogP contribution >= 0.6 is 0 Å². The minimum atomic E-state index is -0.462. The summed E-state index contributed by atoms with van der Waals surface area (Å²) in [6, 6.07) is 20.0. The normalized spacial score (nSPS) is 16.3. The highest BCUT2D eigenvalue weighted by molar-refractivity contribution is 5.99. The summed E-state index contributed by atoms with van der Waals surface area (Å²) < 4.78 is 1.86. The zero-order valence-corrected chi connectivity index (χ0v) is 15.2. The molecule has 0 radical (unpaired) electrons. The monoisotopic (exact) mass is 359 g/mol. The number of guanidine groups is 2. The van der Waals surface area contributed by atoms with Gasteiger partial charge in [-0.3, -0.25) is 5.32 Å². The van der Waals surface area contributed by atoms with Crippen molar-refractivity contribution in [3.63, 3.8) is 0 Å². The molecule has 27 heavy (non-hydrogen) atoms. The van der Waals surface area contributed by atoms with Gasteiger partial charge in [-0.25, -0.2) is 14.7 Å². The number of nitrogens with one attached hydrogen (secondary N) is 1. The van der Waals surface area contributed by atoms with Gasteiger partial charge in [0, 0.05) is 31.4 Å².